The molecule has 3 nitrogen and oxygen atoms in total. The molecule has 56 heavy (non-hydrogen) atoms. The number of hydrogen-bond donors (Lipinski definition) is 0. The van der Waals surface area contributed by atoms with Crippen molar-refractivity contribution >= 4 is 17.1 Å². The van der Waals surface area contributed by atoms with Gasteiger partial charge in [-0.2, -0.15) is 0 Å². The molecule has 0 bridgehead atoms. The van der Waals surface area contributed by atoms with E-state index in [9.17, 15) is 0 Å². The smallest absolute Gasteiger partial charge is 0.160 e. The largest absolute Gasteiger partial charge is 0.311 e. The second-order valence-corrected chi connectivity index (χ2v) is 14.2. The van der Waals surface area contributed by atoms with Crippen molar-refractivity contribution in [1.82, 2.24) is 9.97 Å². The Bertz CT molecular complexity index is 2620. The lowest BCUT2D eigenvalue weighted by molar-refractivity contribution is 0.768. The normalized spacial score (nSPS) is 12.4. The van der Waals surface area contributed by atoms with Crippen LogP contribution in [-0.4, -0.2) is 9.97 Å². The molecule has 3 heteroatoms. The number of fused-ring (bicyclic) bond motifs is 3. The number of rotatable bonds is 8. The molecule has 0 saturated carbocycles. The van der Waals surface area contributed by atoms with Crippen molar-refractivity contribution in [3.63, 3.8) is 0 Å². The molecule has 0 N–H and O–H groups in total. The highest BCUT2D eigenvalue weighted by Gasteiger charge is 2.46. The van der Waals surface area contributed by atoms with Crippen LogP contribution in [0.2, 0.25) is 0 Å². The molecule has 0 saturated heterocycles. The molecule has 1 heterocycles. The summed E-state index contributed by atoms with van der Waals surface area (Å²) in [5.41, 5.74) is 15.1. The SMILES string of the molecule is c1ccc(-c2cc(-c3ccccc3)nc(-c3ccc(C4(c5ccc(N(c6ccccc6)c6ccccc6)cc5)c5ccccc5-c5ccccc54)cc3)n2)cc1. The van der Waals surface area contributed by atoms with Gasteiger partial charge in [-0.15, -0.1) is 0 Å². The Balaban J connectivity index is 1.13. The highest BCUT2D eigenvalue weighted by molar-refractivity contribution is 5.87. The highest BCUT2D eigenvalue weighted by atomic mass is 15.1. The van der Waals surface area contributed by atoms with Crippen molar-refractivity contribution in [1.29, 1.82) is 0 Å². The van der Waals surface area contributed by atoms with Crippen LogP contribution in [0, 0.1) is 0 Å². The molecule has 0 fully saturated rings. The topological polar surface area (TPSA) is 29.0 Å². The Morgan fingerprint density at radius 2 is 0.696 bits per heavy atom. The van der Waals surface area contributed by atoms with E-state index in [2.05, 4.69) is 217 Å². The van der Waals surface area contributed by atoms with E-state index in [1.54, 1.807) is 0 Å². The van der Waals surface area contributed by atoms with Crippen LogP contribution in [-0.2, 0) is 5.41 Å². The quantitative estimate of drug-likeness (QED) is 0.157. The maximum atomic E-state index is 5.13. The fraction of sp³-hybridized carbons (Fsp3) is 0.0189. The first kappa shape index (κ1) is 33.2. The Labute approximate surface area is 327 Å². The van der Waals surface area contributed by atoms with Gasteiger partial charge in [-0.05, 0) is 75.8 Å². The van der Waals surface area contributed by atoms with Gasteiger partial charge in [0.25, 0.3) is 0 Å². The number of aromatic nitrogens is 2. The van der Waals surface area contributed by atoms with Crippen molar-refractivity contribution < 1.29 is 0 Å². The molecule has 10 rings (SSSR count). The first-order valence-electron chi connectivity index (χ1n) is 19.1. The molecule has 8 aromatic carbocycles. The summed E-state index contributed by atoms with van der Waals surface area (Å²) in [6, 6.07) is 79.8. The second-order valence-electron chi connectivity index (χ2n) is 14.2. The molecule has 1 aliphatic rings. The minimum atomic E-state index is -0.545. The summed E-state index contributed by atoms with van der Waals surface area (Å²) >= 11 is 0. The molecule has 0 amide bonds. The number of para-hydroxylation sites is 2. The number of nitrogens with zero attached hydrogens (tertiary/aromatic N) is 3. The summed E-state index contributed by atoms with van der Waals surface area (Å²) in [6.45, 7) is 0. The third-order valence-corrected chi connectivity index (χ3v) is 11.0. The third-order valence-electron chi connectivity index (χ3n) is 11.0. The molecule has 0 aliphatic heterocycles. The van der Waals surface area contributed by atoms with Crippen molar-refractivity contribution in [3.05, 3.63) is 247 Å². The molecule has 0 unspecified atom stereocenters. The minimum Gasteiger partial charge on any atom is -0.311 e. The van der Waals surface area contributed by atoms with Crippen molar-refractivity contribution in [3.8, 4) is 45.0 Å². The Kier molecular flexibility index (Phi) is 8.38. The number of benzene rings is 8. The summed E-state index contributed by atoms with van der Waals surface area (Å²) in [5.74, 6) is 0.698. The van der Waals surface area contributed by atoms with Gasteiger partial charge < -0.3 is 4.90 Å². The lowest BCUT2D eigenvalue weighted by Crippen LogP contribution is -2.28. The predicted octanol–water partition coefficient (Wildman–Crippen LogP) is 13.3. The fourth-order valence-electron chi connectivity index (χ4n) is 8.44. The maximum absolute atomic E-state index is 5.13. The van der Waals surface area contributed by atoms with Gasteiger partial charge in [-0.1, -0.05) is 182 Å². The van der Waals surface area contributed by atoms with Gasteiger partial charge in [0.05, 0.1) is 16.8 Å². The molecule has 1 aliphatic carbocycles. The summed E-state index contributed by atoms with van der Waals surface area (Å²) in [7, 11) is 0. The van der Waals surface area contributed by atoms with E-state index in [0.29, 0.717) is 5.82 Å². The molecule has 9 aromatic rings. The lowest BCUT2D eigenvalue weighted by Gasteiger charge is -2.34. The molecule has 0 spiro atoms. The molecule has 0 atom stereocenters. The molecular weight excluding hydrogens is 679 g/mol. The summed E-state index contributed by atoms with van der Waals surface area (Å²) in [5, 5.41) is 0. The van der Waals surface area contributed by atoms with Gasteiger partial charge in [0.2, 0.25) is 0 Å². The Morgan fingerprint density at radius 3 is 1.16 bits per heavy atom. The van der Waals surface area contributed by atoms with Crippen LogP contribution in [0.3, 0.4) is 0 Å². The summed E-state index contributed by atoms with van der Waals surface area (Å²) in [6.07, 6.45) is 0. The predicted molar refractivity (Wildman–Crippen MR) is 230 cm³/mol. The van der Waals surface area contributed by atoms with Gasteiger partial charge in [-0.3, -0.25) is 0 Å². The Morgan fingerprint density at radius 1 is 0.321 bits per heavy atom. The van der Waals surface area contributed by atoms with Crippen LogP contribution in [0.25, 0.3) is 45.0 Å². The fourth-order valence-corrected chi connectivity index (χ4v) is 8.44. The van der Waals surface area contributed by atoms with Gasteiger partial charge in [0.1, 0.15) is 0 Å². The van der Waals surface area contributed by atoms with E-state index in [1.165, 1.54) is 33.4 Å². The zero-order valence-corrected chi connectivity index (χ0v) is 30.7. The molecule has 1 aromatic heterocycles. The van der Waals surface area contributed by atoms with Gasteiger partial charge in [0.15, 0.2) is 5.82 Å². The average molecular weight is 716 g/mol. The first-order chi connectivity index (χ1) is 27.8. The van der Waals surface area contributed by atoms with Crippen LogP contribution in [0.4, 0.5) is 17.1 Å². The van der Waals surface area contributed by atoms with E-state index in [1.807, 2.05) is 12.1 Å². The third kappa shape index (κ3) is 5.69. The molecule has 264 valence electrons. The van der Waals surface area contributed by atoms with Crippen LogP contribution < -0.4 is 4.90 Å². The van der Waals surface area contributed by atoms with Crippen LogP contribution in [0.15, 0.2) is 224 Å². The van der Waals surface area contributed by atoms with Crippen molar-refractivity contribution in [2.24, 2.45) is 0 Å². The number of anilines is 3. The van der Waals surface area contributed by atoms with E-state index in [4.69, 9.17) is 9.97 Å². The van der Waals surface area contributed by atoms with Crippen LogP contribution >= 0.6 is 0 Å². The maximum Gasteiger partial charge on any atom is 0.160 e. The van der Waals surface area contributed by atoms with Crippen LogP contribution in [0.1, 0.15) is 22.3 Å². The van der Waals surface area contributed by atoms with E-state index in [-0.39, 0.29) is 0 Å². The minimum absolute atomic E-state index is 0.545. The van der Waals surface area contributed by atoms with Gasteiger partial charge in [-0.25, -0.2) is 9.97 Å². The van der Waals surface area contributed by atoms with Crippen molar-refractivity contribution in [2.45, 2.75) is 5.41 Å². The van der Waals surface area contributed by atoms with Gasteiger partial charge in [0, 0.05) is 33.8 Å². The van der Waals surface area contributed by atoms with E-state index >= 15 is 0 Å². The van der Waals surface area contributed by atoms with Gasteiger partial charge >= 0.3 is 0 Å². The molecule has 0 radical (unpaired) electrons. The lowest BCUT2D eigenvalue weighted by atomic mass is 9.67. The molecular formula is C53H37N3. The summed E-state index contributed by atoms with van der Waals surface area (Å²) in [4.78, 5) is 12.6. The zero-order valence-electron chi connectivity index (χ0n) is 30.7. The number of hydrogen-bond acceptors (Lipinski definition) is 3. The standard InChI is InChI=1S/C53H37N3/c1-5-17-38(18-6-1)50-37-51(39-19-7-2-8-20-39)55-52(54-50)40-29-31-41(32-30-40)53(48-27-15-13-25-46(48)47-26-14-16-28-49(47)53)42-33-35-45(36-34-42)56(43-21-9-3-10-22-43)44-23-11-4-12-24-44/h1-37H. The monoisotopic (exact) mass is 715 g/mol. The zero-order chi connectivity index (χ0) is 37.3. The van der Waals surface area contributed by atoms with Crippen LogP contribution in [0.5, 0.6) is 0 Å². The van der Waals surface area contributed by atoms with Crippen molar-refractivity contribution in [2.75, 3.05) is 4.90 Å². The second kappa shape index (κ2) is 14.1. The first-order valence-corrected chi connectivity index (χ1v) is 19.1. The average Bonchev–Trinajstić information content (AvgIpc) is 3.59. The summed E-state index contributed by atoms with van der Waals surface area (Å²) < 4.78 is 0. The highest BCUT2D eigenvalue weighted by Crippen LogP contribution is 2.56. The van der Waals surface area contributed by atoms with E-state index < -0.39 is 5.41 Å². The van der Waals surface area contributed by atoms with E-state index in [0.717, 1.165) is 45.1 Å². The Hall–Kier alpha value is -7.36.